The highest BCUT2D eigenvalue weighted by atomic mass is 16.6. The Morgan fingerprint density at radius 3 is 2.33 bits per heavy atom. The number of fused-ring (bicyclic) bond motifs is 2. The number of nitrogens with one attached hydrogen (secondary N) is 1. The molecule has 21 heavy (non-hydrogen) atoms. The molecule has 0 aromatic carbocycles. The van der Waals surface area contributed by atoms with Crippen molar-refractivity contribution < 1.29 is 24.0 Å². The predicted molar refractivity (Wildman–Crippen MR) is 75.7 cm³/mol. The van der Waals surface area contributed by atoms with E-state index in [1.807, 2.05) is 20.8 Å². The smallest absolute Gasteiger partial charge is 0.351 e. The molecule has 2 atom stereocenters. The van der Waals surface area contributed by atoms with Crippen molar-refractivity contribution in [2.45, 2.75) is 58.2 Å². The molecule has 1 saturated carbocycles. The van der Waals surface area contributed by atoms with Crippen LogP contribution in [0.25, 0.3) is 0 Å². The SMILES string of the molecule is C[NH+]1CCC(OC(=O)[C@@]23CC[C@@](C)(C(=O)O2)C3(C)C)CC1. The molecule has 1 aliphatic carbocycles. The van der Waals surface area contributed by atoms with Gasteiger partial charge in [0, 0.05) is 18.3 Å². The molecule has 0 aromatic rings. The lowest BCUT2D eigenvalue weighted by Crippen LogP contribution is -3.10. The molecule has 0 radical (unpaired) electrons. The Hall–Kier alpha value is -1.10. The van der Waals surface area contributed by atoms with E-state index in [2.05, 4.69) is 7.05 Å². The topological polar surface area (TPSA) is 57.0 Å². The highest BCUT2D eigenvalue weighted by molar-refractivity contribution is 5.93. The molecule has 0 spiro atoms. The second kappa shape index (κ2) is 4.45. The fraction of sp³-hybridized carbons (Fsp3) is 0.875. The van der Waals surface area contributed by atoms with E-state index < -0.39 is 16.4 Å². The average Bonchev–Trinajstić information content (AvgIpc) is 2.72. The molecule has 3 fully saturated rings. The van der Waals surface area contributed by atoms with E-state index in [0.29, 0.717) is 12.8 Å². The molecule has 3 rings (SSSR count). The third kappa shape index (κ3) is 1.79. The predicted octanol–water partition coefficient (Wildman–Crippen LogP) is 0.329. The van der Waals surface area contributed by atoms with Gasteiger partial charge in [0.1, 0.15) is 6.10 Å². The fourth-order valence-corrected chi connectivity index (χ4v) is 4.15. The molecule has 2 aliphatic heterocycles. The van der Waals surface area contributed by atoms with Crippen LogP contribution in [0.15, 0.2) is 0 Å². The van der Waals surface area contributed by atoms with Gasteiger partial charge in [0.25, 0.3) is 0 Å². The number of esters is 2. The summed E-state index contributed by atoms with van der Waals surface area (Å²) >= 11 is 0. The van der Waals surface area contributed by atoms with E-state index in [4.69, 9.17) is 9.47 Å². The van der Waals surface area contributed by atoms with Crippen LogP contribution in [0.1, 0.15) is 46.5 Å². The zero-order valence-electron chi connectivity index (χ0n) is 13.5. The molecule has 5 heteroatoms. The minimum atomic E-state index is -1.07. The maximum atomic E-state index is 12.8. The third-order valence-electron chi connectivity index (χ3n) is 6.47. The molecular formula is C16H26NO4+. The molecule has 0 amide bonds. The molecule has 2 heterocycles. The number of quaternary nitrogens is 1. The molecule has 2 bridgehead atoms. The summed E-state index contributed by atoms with van der Waals surface area (Å²) in [6.45, 7) is 7.88. The van der Waals surface area contributed by atoms with Crippen LogP contribution in [0.2, 0.25) is 0 Å². The quantitative estimate of drug-likeness (QED) is 0.746. The molecule has 0 unspecified atom stereocenters. The van der Waals surface area contributed by atoms with Crippen LogP contribution in [0.4, 0.5) is 0 Å². The van der Waals surface area contributed by atoms with Gasteiger partial charge in [-0.05, 0) is 19.8 Å². The second-order valence-corrected chi connectivity index (χ2v) is 7.74. The van der Waals surface area contributed by atoms with Crippen LogP contribution in [0.5, 0.6) is 0 Å². The first-order valence-electron chi connectivity index (χ1n) is 7.99. The van der Waals surface area contributed by atoms with Crippen molar-refractivity contribution in [1.29, 1.82) is 0 Å². The van der Waals surface area contributed by atoms with Crippen LogP contribution in [0, 0.1) is 10.8 Å². The van der Waals surface area contributed by atoms with Crippen LogP contribution in [-0.4, -0.2) is 43.8 Å². The average molecular weight is 296 g/mol. The maximum Gasteiger partial charge on any atom is 0.351 e. The Morgan fingerprint density at radius 1 is 1.24 bits per heavy atom. The first kappa shape index (κ1) is 14.8. The zero-order chi connectivity index (χ0) is 15.5. The van der Waals surface area contributed by atoms with Gasteiger partial charge < -0.3 is 14.4 Å². The van der Waals surface area contributed by atoms with Crippen LogP contribution in [0.3, 0.4) is 0 Å². The monoisotopic (exact) mass is 296 g/mol. The molecule has 0 aromatic heterocycles. The van der Waals surface area contributed by atoms with Gasteiger partial charge in [0.2, 0.25) is 5.60 Å². The van der Waals surface area contributed by atoms with Gasteiger partial charge in [0.05, 0.1) is 25.6 Å². The lowest BCUT2D eigenvalue weighted by Gasteiger charge is -2.36. The minimum absolute atomic E-state index is 0.0301. The van der Waals surface area contributed by atoms with Gasteiger partial charge in [-0.1, -0.05) is 13.8 Å². The maximum absolute atomic E-state index is 12.8. The largest absolute Gasteiger partial charge is 0.459 e. The number of likely N-dealkylation sites (tertiary alicyclic amines) is 1. The normalized spacial score (nSPS) is 44.5. The summed E-state index contributed by atoms with van der Waals surface area (Å²) in [6.07, 6.45) is 3.03. The lowest BCUT2D eigenvalue weighted by molar-refractivity contribution is -0.885. The Balaban J connectivity index is 1.77. The van der Waals surface area contributed by atoms with E-state index >= 15 is 0 Å². The van der Waals surface area contributed by atoms with Crippen LogP contribution >= 0.6 is 0 Å². The van der Waals surface area contributed by atoms with E-state index in [-0.39, 0.29) is 18.0 Å². The van der Waals surface area contributed by atoms with E-state index in [1.54, 1.807) is 0 Å². The van der Waals surface area contributed by atoms with E-state index in [9.17, 15) is 9.59 Å². The number of ether oxygens (including phenoxy) is 2. The number of rotatable bonds is 2. The van der Waals surface area contributed by atoms with Gasteiger partial charge in [0.15, 0.2) is 0 Å². The van der Waals surface area contributed by atoms with Crippen LogP contribution < -0.4 is 4.90 Å². The van der Waals surface area contributed by atoms with Crippen molar-refractivity contribution in [3.63, 3.8) is 0 Å². The first-order chi connectivity index (χ1) is 9.73. The Morgan fingerprint density at radius 2 is 1.86 bits per heavy atom. The summed E-state index contributed by atoms with van der Waals surface area (Å²) in [5, 5.41) is 0. The van der Waals surface area contributed by atoms with Gasteiger partial charge in [-0.2, -0.15) is 0 Å². The zero-order valence-corrected chi connectivity index (χ0v) is 13.5. The number of piperidine rings is 1. The summed E-state index contributed by atoms with van der Waals surface area (Å²) in [7, 11) is 2.15. The molecular weight excluding hydrogens is 270 g/mol. The number of hydrogen-bond donors (Lipinski definition) is 1. The third-order valence-corrected chi connectivity index (χ3v) is 6.47. The standard InChI is InChI=1S/C16H25NO4/c1-14(2)15(3)7-8-16(14,21-12(15)18)13(19)20-11-5-9-17(4)10-6-11/h11H,5-10H2,1-4H3/p+1/t15-,16+/m0/s1. The lowest BCUT2D eigenvalue weighted by atomic mass is 9.66. The van der Waals surface area contributed by atoms with Gasteiger partial charge in [-0.25, -0.2) is 4.79 Å². The summed E-state index contributed by atoms with van der Waals surface area (Å²) in [5.74, 6) is -0.574. The van der Waals surface area contributed by atoms with Gasteiger partial charge in [-0.15, -0.1) is 0 Å². The van der Waals surface area contributed by atoms with Crippen molar-refractivity contribution in [3.8, 4) is 0 Å². The summed E-state index contributed by atoms with van der Waals surface area (Å²) in [4.78, 5) is 26.4. The highest BCUT2D eigenvalue weighted by Crippen LogP contribution is 2.65. The summed E-state index contributed by atoms with van der Waals surface area (Å²) < 4.78 is 11.3. The first-order valence-corrected chi connectivity index (χ1v) is 7.99. The Labute approximate surface area is 126 Å². The highest BCUT2D eigenvalue weighted by Gasteiger charge is 2.76. The van der Waals surface area contributed by atoms with E-state index in [0.717, 1.165) is 25.9 Å². The molecule has 1 N–H and O–H groups in total. The van der Waals surface area contributed by atoms with Gasteiger partial charge in [-0.3, -0.25) is 4.79 Å². The molecule has 3 aliphatic rings. The molecule has 5 nitrogen and oxygen atoms in total. The number of hydrogen-bond acceptors (Lipinski definition) is 4. The van der Waals surface area contributed by atoms with E-state index in [1.165, 1.54) is 4.90 Å². The van der Waals surface area contributed by atoms with Crippen molar-refractivity contribution in [2.24, 2.45) is 10.8 Å². The van der Waals surface area contributed by atoms with Gasteiger partial charge >= 0.3 is 11.9 Å². The molecule has 2 saturated heterocycles. The fourth-order valence-electron chi connectivity index (χ4n) is 4.15. The summed E-state index contributed by atoms with van der Waals surface area (Å²) in [5.41, 5.74) is -2.15. The van der Waals surface area contributed by atoms with Crippen molar-refractivity contribution in [3.05, 3.63) is 0 Å². The Kier molecular flexibility index (Phi) is 3.14. The number of carbonyl (C=O) groups excluding carboxylic acids is 2. The molecule has 118 valence electrons. The van der Waals surface area contributed by atoms with Crippen LogP contribution in [-0.2, 0) is 19.1 Å². The Bertz CT molecular complexity index is 481. The van der Waals surface area contributed by atoms with Crippen molar-refractivity contribution in [1.82, 2.24) is 0 Å². The number of carbonyl (C=O) groups is 2. The van der Waals surface area contributed by atoms with Crippen molar-refractivity contribution >= 4 is 11.9 Å². The second-order valence-electron chi connectivity index (χ2n) is 7.74. The minimum Gasteiger partial charge on any atom is -0.459 e. The van der Waals surface area contributed by atoms with Crippen molar-refractivity contribution in [2.75, 3.05) is 20.1 Å². The summed E-state index contributed by atoms with van der Waals surface area (Å²) in [6, 6.07) is 0.